The number of nitrogens with one attached hydrogen (secondary N) is 1. The topological polar surface area (TPSA) is 81.0 Å². The summed E-state index contributed by atoms with van der Waals surface area (Å²) in [6.07, 6.45) is 0. The number of ether oxygens (including phenoxy) is 1. The number of benzene rings is 2. The van der Waals surface area contributed by atoms with Crippen molar-refractivity contribution in [2.24, 2.45) is 0 Å². The van der Waals surface area contributed by atoms with E-state index in [2.05, 4.69) is 56.7 Å². The number of H-pyrrole nitrogens is 1. The fraction of sp³-hybridized carbons (Fsp3) is 0.100. The van der Waals surface area contributed by atoms with E-state index in [1.165, 1.54) is 16.9 Å². The van der Waals surface area contributed by atoms with Crippen molar-refractivity contribution in [3.05, 3.63) is 71.2 Å². The van der Waals surface area contributed by atoms with Gasteiger partial charge in [0.1, 0.15) is 18.1 Å². The molecule has 1 N–H and O–H groups in total. The molecule has 0 saturated heterocycles. The van der Waals surface area contributed by atoms with Crippen LogP contribution >= 0.6 is 11.3 Å². The molecule has 0 fully saturated rings. The van der Waals surface area contributed by atoms with Crippen molar-refractivity contribution in [2.75, 3.05) is 0 Å². The van der Waals surface area contributed by atoms with Crippen LogP contribution in [0.15, 0.2) is 60.7 Å². The van der Waals surface area contributed by atoms with Gasteiger partial charge in [0, 0.05) is 5.56 Å². The van der Waals surface area contributed by atoms with Gasteiger partial charge in [-0.3, -0.25) is 5.10 Å². The van der Waals surface area contributed by atoms with Crippen molar-refractivity contribution < 1.29 is 4.74 Å². The van der Waals surface area contributed by atoms with Crippen molar-refractivity contribution in [3.63, 3.8) is 0 Å². The number of fused-ring (bicyclic) bond motifs is 1. The van der Waals surface area contributed by atoms with Crippen LogP contribution in [0.3, 0.4) is 0 Å². The van der Waals surface area contributed by atoms with E-state index in [1.807, 2.05) is 36.4 Å². The van der Waals surface area contributed by atoms with E-state index in [4.69, 9.17) is 4.74 Å². The SMILES string of the molecule is Cc1ccc(-c2cc(-c3nnc4sc(COc5ccccc5)nn34)[nH]n2)cc1. The summed E-state index contributed by atoms with van der Waals surface area (Å²) in [5, 5.41) is 21.4. The third-order valence-corrected chi connectivity index (χ3v) is 5.18. The Balaban J connectivity index is 1.40. The highest BCUT2D eigenvalue weighted by Crippen LogP contribution is 2.25. The third-order valence-electron chi connectivity index (χ3n) is 4.30. The van der Waals surface area contributed by atoms with Gasteiger partial charge >= 0.3 is 0 Å². The first-order chi connectivity index (χ1) is 13.8. The molecule has 0 bridgehead atoms. The zero-order valence-corrected chi connectivity index (χ0v) is 15.8. The molecule has 5 aromatic rings. The summed E-state index contributed by atoms with van der Waals surface area (Å²) in [5.74, 6) is 1.44. The van der Waals surface area contributed by atoms with Gasteiger partial charge in [0.25, 0.3) is 0 Å². The molecule has 0 saturated carbocycles. The number of nitrogens with zero attached hydrogens (tertiary/aromatic N) is 5. The predicted molar refractivity (Wildman–Crippen MR) is 107 cm³/mol. The van der Waals surface area contributed by atoms with Gasteiger partial charge < -0.3 is 4.74 Å². The molecule has 0 aliphatic carbocycles. The second-order valence-corrected chi connectivity index (χ2v) is 7.39. The van der Waals surface area contributed by atoms with Gasteiger partial charge in [0.2, 0.25) is 10.8 Å². The van der Waals surface area contributed by atoms with E-state index in [-0.39, 0.29) is 0 Å². The Morgan fingerprint density at radius 2 is 1.86 bits per heavy atom. The summed E-state index contributed by atoms with van der Waals surface area (Å²) >= 11 is 1.46. The molecule has 28 heavy (non-hydrogen) atoms. The molecule has 0 aliphatic rings. The largest absolute Gasteiger partial charge is 0.486 e. The van der Waals surface area contributed by atoms with E-state index in [0.717, 1.165) is 27.7 Å². The molecular weight excluding hydrogens is 372 g/mol. The highest BCUT2D eigenvalue weighted by atomic mass is 32.1. The minimum absolute atomic E-state index is 0.384. The third kappa shape index (κ3) is 3.14. The Labute approximate surface area is 164 Å². The maximum Gasteiger partial charge on any atom is 0.235 e. The first-order valence-electron chi connectivity index (χ1n) is 8.78. The van der Waals surface area contributed by atoms with Crippen molar-refractivity contribution in [3.8, 4) is 28.5 Å². The molecule has 3 heterocycles. The lowest BCUT2D eigenvalue weighted by atomic mass is 10.1. The molecule has 0 amide bonds. The van der Waals surface area contributed by atoms with E-state index in [0.29, 0.717) is 17.4 Å². The summed E-state index contributed by atoms with van der Waals surface area (Å²) in [4.78, 5) is 0.716. The number of hydrogen-bond acceptors (Lipinski definition) is 6. The molecule has 0 radical (unpaired) electrons. The van der Waals surface area contributed by atoms with Crippen LogP contribution < -0.4 is 4.74 Å². The Hall–Kier alpha value is -3.52. The molecule has 8 heteroatoms. The molecule has 0 atom stereocenters. The average Bonchev–Trinajstić information content (AvgIpc) is 3.43. The molecule has 3 aromatic heterocycles. The molecule has 138 valence electrons. The smallest absolute Gasteiger partial charge is 0.235 e. The molecule has 5 rings (SSSR count). The van der Waals surface area contributed by atoms with Gasteiger partial charge in [0.15, 0.2) is 5.01 Å². The van der Waals surface area contributed by atoms with E-state index in [1.54, 1.807) is 4.52 Å². The van der Waals surface area contributed by atoms with Crippen LogP contribution in [0.5, 0.6) is 5.75 Å². The van der Waals surface area contributed by atoms with Crippen LogP contribution in [0.4, 0.5) is 0 Å². The fourth-order valence-corrected chi connectivity index (χ4v) is 3.60. The molecule has 7 nitrogen and oxygen atoms in total. The van der Waals surface area contributed by atoms with Crippen molar-refractivity contribution in [1.82, 2.24) is 30.0 Å². The molecule has 0 unspecified atom stereocenters. The lowest BCUT2D eigenvalue weighted by molar-refractivity contribution is 0.304. The first-order valence-corrected chi connectivity index (χ1v) is 9.60. The molecule has 0 spiro atoms. The Kier molecular flexibility index (Phi) is 4.10. The Bertz CT molecular complexity index is 1220. The van der Waals surface area contributed by atoms with Gasteiger partial charge in [0.05, 0.1) is 5.69 Å². The van der Waals surface area contributed by atoms with Crippen molar-refractivity contribution in [1.29, 1.82) is 0 Å². The number of aromatic amines is 1. The number of rotatable bonds is 5. The lowest BCUT2D eigenvalue weighted by Gasteiger charge is -2.02. The molecular formula is C20H16N6OS. The van der Waals surface area contributed by atoms with Gasteiger partial charge in [-0.05, 0) is 25.1 Å². The zero-order chi connectivity index (χ0) is 18.9. The van der Waals surface area contributed by atoms with Gasteiger partial charge in [-0.15, -0.1) is 10.2 Å². The standard InChI is InChI=1S/C20H16N6OS/c1-13-7-9-14(10-8-13)16-11-17(22-21-16)19-23-24-20-26(19)25-18(28-20)12-27-15-5-3-2-4-6-15/h2-11H,12H2,1H3,(H,21,22). The summed E-state index contributed by atoms with van der Waals surface area (Å²) in [6.45, 7) is 2.45. The van der Waals surface area contributed by atoms with Crippen LogP contribution in [0.2, 0.25) is 0 Å². The monoisotopic (exact) mass is 388 g/mol. The molecule has 2 aromatic carbocycles. The number of aryl methyl sites for hydroxylation is 1. The van der Waals surface area contributed by atoms with Crippen LogP contribution in [0.1, 0.15) is 10.6 Å². The van der Waals surface area contributed by atoms with Crippen molar-refractivity contribution >= 4 is 16.3 Å². The number of hydrogen-bond donors (Lipinski definition) is 1. The Morgan fingerprint density at radius 3 is 2.68 bits per heavy atom. The van der Waals surface area contributed by atoms with Gasteiger partial charge in [-0.25, -0.2) is 0 Å². The summed E-state index contributed by atoms with van der Waals surface area (Å²) < 4.78 is 7.50. The maximum atomic E-state index is 5.77. The van der Waals surface area contributed by atoms with Gasteiger partial charge in [-0.1, -0.05) is 59.4 Å². The lowest BCUT2D eigenvalue weighted by Crippen LogP contribution is -1.97. The second-order valence-electron chi connectivity index (χ2n) is 6.35. The highest BCUT2D eigenvalue weighted by molar-refractivity contribution is 7.16. The van der Waals surface area contributed by atoms with Gasteiger partial charge in [-0.2, -0.15) is 14.7 Å². The zero-order valence-electron chi connectivity index (χ0n) is 15.0. The summed E-state index contributed by atoms with van der Waals surface area (Å²) in [5.41, 5.74) is 3.88. The van der Waals surface area contributed by atoms with E-state index < -0.39 is 0 Å². The predicted octanol–water partition coefficient (Wildman–Crippen LogP) is 4.13. The van der Waals surface area contributed by atoms with Crippen LogP contribution in [-0.2, 0) is 6.61 Å². The maximum absolute atomic E-state index is 5.77. The van der Waals surface area contributed by atoms with E-state index >= 15 is 0 Å². The second kappa shape index (κ2) is 6.90. The quantitative estimate of drug-likeness (QED) is 0.490. The van der Waals surface area contributed by atoms with Crippen LogP contribution in [-0.4, -0.2) is 30.0 Å². The summed E-state index contributed by atoms with van der Waals surface area (Å²) in [7, 11) is 0. The molecule has 0 aliphatic heterocycles. The first kappa shape index (κ1) is 16.6. The minimum atomic E-state index is 0.384. The average molecular weight is 388 g/mol. The van der Waals surface area contributed by atoms with Crippen LogP contribution in [0.25, 0.3) is 27.7 Å². The van der Waals surface area contributed by atoms with Crippen molar-refractivity contribution in [2.45, 2.75) is 13.5 Å². The van der Waals surface area contributed by atoms with Crippen LogP contribution in [0, 0.1) is 6.92 Å². The highest BCUT2D eigenvalue weighted by Gasteiger charge is 2.16. The summed E-state index contributed by atoms with van der Waals surface area (Å²) in [6, 6.07) is 19.9. The Morgan fingerprint density at radius 1 is 1.04 bits per heavy atom. The normalized spacial score (nSPS) is 11.2. The number of aromatic nitrogens is 6. The minimum Gasteiger partial charge on any atom is -0.486 e. The fourth-order valence-electron chi connectivity index (χ4n) is 2.85. The van der Waals surface area contributed by atoms with E-state index in [9.17, 15) is 0 Å². The number of para-hydroxylation sites is 1.